The number of nitrogens with one attached hydrogen (secondary N) is 1. The first-order valence-electron chi connectivity index (χ1n) is 5.50. The van der Waals surface area contributed by atoms with Gasteiger partial charge in [0.1, 0.15) is 11.6 Å². The number of aromatic hydroxyl groups is 1. The maximum atomic E-state index is 13.1. The molecule has 3 nitrogen and oxygen atoms in total. The maximum absolute atomic E-state index is 13.1. The summed E-state index contributed by atoms with van der Waals surface area (Å²) in [7, 11) is 0. The van der Waals surface area contributed by atoms with Crippen LogP contribution < -0.4 is 5.32 Å². The molecular weight excluding hydrogens is 311 g/mol. The highest BCUT2D eigenvalue weighted by Gasteiger charge is 2.03. The summed E-state index contributed by atoms with van der Waals surface area (Å²) >= 11 is 3.35. The molecule has 0 radical (unpaired) electrons. The second kappa shape index (κ2) is 5.72. The van der Waals surface area contributed by atoms with Crippen molar-refractivity contribution in [3.8, 4) is 11.8 Å². The van der Waals surface area contributed by atoms with E-state index in [1.165, 1.54) is 12.1 Å². The lowest BCUT2D eigenvalue weighted by atomic mass is 10.2. The van der Waals surface area contributed by atoms with E-state index in [9.17, 15) is 9.50 Å². The van der Waals surface area contributed by atoms with Gasteiger partial charge in [0.2, 0.25) is 0 Å². The van der Waals surface area contributed by atoms with Crippen LogP contribution in [0.1, 0.15) is 11.1 Å². The minimum absolute atomic E-state index is 0.101. The third-order valence-corrected chi connectivity index (χ3v) is 3.18. The Morgan fingerprint density at radius 1 is 1.26 bits per heavy atom. The van der Waals surface area contributed by atoms with Gasteiger partial charge in [-0.25, -0.2) is 4.39 Å². The molecule has 2 N–H and O–H groups in total. The average Bonchev–Trinajstić information content (AvgIpc) is 2.36. The zero-order valence-electron chi connectivity index (χ0n) is 9.82. The van der Waals surface area contributed by atoms with Crippen molar-refractivity contribution in [3.63, 3.8) is 0 Å². The Bertz CT molecular complexity index is 632. The highest BCUT2D eigenvalue weighted by Crippen LogP contribution is 2.24. The van der Waals surface area contributed by atoms with Gasteiger partial charge in [-0.05, 0) is 51.8 Å². The number of halogens is 2. The first kappa shape index (κ1) is 13.4. The molecule has 0 atom stereocenters. The van der Waals surface area contributed by atoms with E-state index in [-0.39, 0.29) is 5.75 Å². The summed E-state index contributed by atoms with van der Waals surface area (Å²) in [5, 5.41) is 21.2. The van der Waals surface area contributed by atoms with Gasteiger partial charge in [-0.1, -0.05) is 0 Å². The fourth-order valence-corrected chi connectivity index (χ4v) is 2.18. The Labute approximate surface area is 118 Å². The van der Waals surface area contributed by atoms with Gasteiger partial charge in [-0.2, -0.15) is 5.26 Å². The van der Waals surface area contributed by atoms with E-state index in [0.717, 1.165) is 16.2 Å². The summed E-state index contributed by atoms with van der Waals surface area (Å²) in [5.74, 6) is -0.577. The third-order valence-electron chi connectivity index (χ3n) is 2.52. The summed E-state index contributed by atoms with van der Waals surface area (Å²) in [6.45, 7) is 0.371. The lowest BCUT2D eigenvalue weighted by molar-refractivity contribution is 0.468. The van der Waals surface area contributed by atoms with Crippen LogP contribution >= 0.6 is 15.9 Å². The molecule has 0 heterocycles. The van der Waals surface area contributed by atoms with Crippen molar-refractivity contribution in [2.75, 3.05) is 5.32 Å². The van der Waals surface area contributed by atoms with Crippen molar-refractivity contribution in [1.29, 1.82) is 5.26 Å². The molecule has 0 bridgehead atoms. The molecule has 2 aromatic carbocycles. The van der Waals surface area contributed by atoms with Crippen molar-refractivity contribution in [1.82, 2.24) is 0 Å². The van der Waals surface area contributed by atoms with Gasteiger partial charge in [-0.3, -0.25) is 0 Å². The van der Waals surface area contributed by atoms with Gasteiger partial charge in [0, 0.05) is 22.8 Å². The highest BCUT2D eigenvalue weighted by atomic mass is 79.9. The Morgan fingerprint density at radius 2 is 2.05 bits per heavy atom. The summed E-state index contributed by atoms with van der Waals surface area (Å²) in [6, 6.07) is 11.1. The molecule has 0 aliphatic rings. The van der Waals surface area contributed by atoms with Crippen LogP contribution in [-0.2, 0) is 6.54 Å². The van der Waals surface area contributed by atoms with Gasteiger partial charge in [0.05, 0.1) is 11.6 Å². The summed E-state index contributed by atoms with van der Waals surface area (Å²) in [6.07, 6.45) is 0. The SMILES string of the molecule is N#Cc1ccc(NCc2cc(O)cc(F)c2)c(Br)c1. The van der Waals surface area contributed by atoms with E-state index in [4.69, 9.17) is 5.26 Å². The molecule has 0 amide bonds. The molecule has 0 saturated heterocycles. The van der Waals surface area contributed by atoms with Crippen molar-refractivity contribution in [2.24, 2.45) is 0 Å². The molecule has 0 saturated carbocycles. The van der Waals surface area contributed by atoms with Crippen molar-refractivity contribution in [2.45, 2.75) is 6.54 Å². The fourth-order valence-electron chi connectivity index (χ4n) is 1.66. The Balaban J connectivity index is 2.12. The van der Waals surface area contributed by atoms with Crippen LogP contribution in [0.3, 0.4) is 0 Å². The van der Waals surface area contributed by atoms with Gasteiger partial charge in [0.25, 0.3) is 0 Å². The predicted molar refractivity (Wildman–Crippen MR) is 74.2 cm³/mol. The second-order valence-corrected chi connectivity index (χ2v) is 4.83. The van der Waals surface area contributed by atoms with Gasteiger partial charge in [0.15, 0.2) is 0 Å². The molecule has 0 fully saturated rings. The highest BCUT2D eigenvalue weighted by molar-refractivity contribution is 9.10. The summed E-state index contributed by atoms with van der Waals surface area (Å²) in [5.41, 5.74) is 1.98. The quantitative estimate of drug-likeness (QED) is 0.904. The monoisotopic (exact) mass is 320 g/mol. The van der Waals surface area contributed by atoms with Crippen molar-refractivity contribution >= 4 is 21.6 Å². The Kier molecular flexibility index (Phi) is 4.03. The molecule has 0 unspecified atom stereocenters. The Morgan fingerprint density at radius 3 is 2.68 bits per heavy atom. The molecular formula is C14H10BrFN2O. The Hall–Kier alpha value is -2.06. The molecule has 0 aromatic heterocycles. The van der Waals surface area contributed by atoms with Crippen LogP contribution in [0.4, 0.5) is 10.1 Å². The topological polar surface area (TPSA) is 56.0 Å². The lowest BCUT2D eigenvalue weighted by Crippen LogP contribution is -2.00. The van der Waals surface area contributed by atoms with Crippen LogP contribution in [0.15, 0.2) is 40.9 Å². The molecule has 5 heteroatoms. The van der Waals surface area contributed by atoms with Crippen LogP contribution in [0.25, 0.3) is 0 Å². The van der Waals surface area contributed by atoms with Crippen LogP contribution in [-0.4, -0.2) is 5.11 Å². The van der Waals surface area contributed by atoms with Gasteiger partial charge >= 0.3 is 0 Å². The standard InChI is InChI=1S/C14H10BrFN2O/c15-13-5-9(7-17)1-2-14(13)18-8-10-3-11(16)6-12(19)4-10/h1-6,18-19H,8H2. The van der Waals surface area contributed by atoms with E-state index >= 15 is 0 Å². The number of anilines is 1. The first-order valence-corrected chi connectivity index (χ1v) is 6.30. The summed E-state index contributed by atoms with van der Waals surface area (Å²) < 4.78 is 13.9. The lowest BCUT2D eigenvalue weighted by Gasteiger charge is -2.09. The number of phenols is 1. The fraction of sp³-hybridized carbons (Fsp3) is 0.0714. The van der Waals surface area contributed by atoms with Crippen LogP contribution in [0.2, 0.25) is 0 Å². The van der Waals surface area contributed by atoms with E-state index in [0.29, 0.717) is 17.7 Å². The van der Waals surface area contributed by atoms with Crippen molar-refractivity contribution < 1.29 is 9.50 Å². The number of hydrogen-bond donors (Lipinski definition) is 2. The minimum Gasteiger partial charge on any atom is -0.508 e. The van der Waals surface area contributed by atoms with Gasteiger partial charge < -0.3 is 10.4 Å². The number of benzene rings is 2. The molecule has 96 valence electrons. The smallest absolute Gasteiger partial charge is 0.127 e. The van der Waals surface area contributed by atoms with Crippen LogP contribution in [0.5, 0.6) is 5.75 Å². The molecule has 19 heavy (non-hydrogen) atoms. The van der Waals surface area contributed by atoms with E-state index < -0.39 is 5.82 Å². The number of nitriles is 1. The normalized spacial score (nSPS) is 9.95. The maximum Gasteiger partial charge on any atom is 0.127 e. The zero-order valence-corrected chi connectivity index (χ0v) is 11.4. The zero-order chi connectivity index (χ0) is 13.8. The molecule has 0 aliphatic carbocycles. The first-order chi connectivity index (χ1) is 9.08. The number of hydrogen-bond acceptors (Lipinski definition) is 3. The van der Waals surface area contributed by atoms with E-state index in [1.54, 1.807) is 18.2 Å². The average molecular weight is 321 g/mol. The third kappa shape index (κ3) is 3.46. The van der Waals surface area contributed by atoms with Crippen LogP contribution in [0, 0.1) is 17.1 Å². The van der Waals surface area contributed by atoms with Crippen molar-refractivity contribution in [3.05, 3.63) is 57.8 Å². The number of nitrogens with zero attached hydrogens (tertiary/aromatic N) is 1. The molecule has 0 spiro atoms. The van der Waals surface area contributed by atoms with E-state index in [2.05, 4.69) is 21.2 Å². The largest absolute Gasteiger partial charge is 0.508 e. The summed E-state index contributed by atoms with van der Waals surface area (Å²) in [4.78, 5) is 0. The number of phenolic OH excluding ortho intramolecular Hbond substituents is 1. The second-order valence-electron chi connectivity index (χ2n) is 3.98. The van der Waals surface area contributed by atoms with Gasteiger partial charge in [-0.15, -0.1) is 0 Å². The molecule has 2 rings (SSSR count). The predicted octanol–water partition coefficient (Wildman–Crippen LogP) is 3.78. The molecule has 0 aliphatic heterocycles. The van der Waals surface area contributed by atoms with E-state index in [1.807, 2.05) is 6.07 Å². The molecule has 2 aromatic rings. The minimum atomic E-state index is -0.476. The number of rotatable bonds is 3.